The molecule has 0 aliphatic carbocycles. The Morgan fingerprint density at radius 1 is 1.36 bits per heavy atom. The van der Waals surface area contributed by atoms with Gasteiger partial charge >= 0.3 is 5.82 Å². The van der Waals surface area contributed by atoms with Gasteiger partial charge in [0.25, 0.3) is 0 Å². The van der Waals surface area contributed by atoms with Crippen LogP contribution in [0.2, 0.25) is 0 Å². The van der Waals surface area contributed by atoms with Gasteiger partial charge in [-0.15, -0.1) is 0 Å². The zero-order chi connectivity index (χ0) is 16.6. The minimum Gasteiger partial charge on any atom is -0.358 e. The van der Waals surface area contributed by atoms with Crippen LogP contribution in [0.25, 0.3) is 0 Å². The van der Waals surface area contributed by atoms with Crippen molar-refractivity contribution in [2.24, 2.45) is 0 Å². The minimum atomic E-state index is -0.589. The average Bonchev–Trinajstić information content (AvgIpc) is 2.90. The second-order valence-corrected chi connectivity index (χ2v) is 5.14. The molecule has 0 radical (unpaired) electrons. The van der Waals surface area contributed by atoms with Gasteiger partial charge in [-0.25, -0.2) is 0 Å². The summed E-state index contributed by atoms with van der Waals surface area (Å²) >= 11 is 0. The van der Waals surface area contributed by atoms with E-state index in [1.54, 1.807) is 13.8 Å². The summed E-state index contributed by atoms with van der Waals surface area (Å²) in [5, 5.41) is 10.8. The monoisotopic (exact) mass is 304 g/mol. The summed E-state index contributed by atoms with van der Waals surface area (Å²) in [5.41, 5.74) is 2.41. The molecule has 0 atom stereocenters. The van der Waals surface area contributed by atoms with Crippen molar-refractivity contribution in [3.8, 4) is 0 Å². The molecule has 0 aromatic carbocycles. The molecule has 0 unspecified atom stereocenters. The summed E-state index contributed by atoms with van der Waals surface area (Å²) in [6.45, 7) is 6.34. The Morgan fingerprint density at radius 2 is 2.00 bits per heavy atom. The van der Waals surface area contributed by atoms with E-state index in [9.17, 15) is 19.7 Å². The van der Waals surface area contributed by atoms with Crippen LogP contribution in [0.3, 0.4) is 0 Å². The zero-order valence-corrected chi connectivity index (χ0v) is 12.8. The fraction of sp³-hybridized carbons (Fsp3) is 0.357. The van der Waals surface area contributed by atoms with Gasteiger partial charge in [-0.1, -0.05) is 0 Å². The van der Waals surface area contributed by atoms with Gasteiger partial charge in [-0.3, -0.25) is 9.59 Å². The molecule has 0 amide bonds. The third-order valence-corrected chi connectivity index (χ3v) is 3.63. The predicted octanol–water partition coefficient (Wildman–Crippen LogP) is 2.13. The van der Waals surface area contributed by atoms with Gasteiger partial charge in [-0.2, -0.15) is 0 Å². The van der Waals surface area contributed by atoms with Gasteiger partial charge in [0.1, 0.15) is 5.69 Å². The topological polar surface area (TPSA) is 111 Å². The summed E-state index contributed by atoms with van der Waals surface area (Å²) in [4.78, 5) is 40.8. The van der Waals surface area contributed by atoms with Gasteiger partial charge < -0.3 is 19.7 Å². The van der Waals surface area contributed by atoms with Crippen LogP contribution in [0.15, 0.2) is 6.33 Å². The van der Waals surface area contributed by atoms with Crippen molar-refractivity contribution in [2.75, 3.05) is 0 Å². The first-order chi connectivity index (χ1) is 10.2. The maximum atomic E-state index is 12.4. The van der Waals surface area contributed by atoms with Crippen molar-refractivity contribution in [1.82, 2.24) is 14.5 Å². The van der Waals surface area contributed by atoms with Gasteiger partial charge in [-0.05, 0) is 43.2 Å². The van der Waals surface area contributed by atoms with E-state index in [0.717, 1.165) is 0 Å². The number of aromatic nitrogens is 3. The van der Waals surface area contributed by atoms with Crippen LogP contribution in [0.1, 0.15) is 44.7 Å². The van der Waals surface area contributed by atoms with E-state index in [1.165, 1.54) is 24.7 Å². The Labute approximate surface area is 126 Å². The summed E-state index contributed by atoms with van der Waals surface area (Å²) in [5.74, 6) is -0.639. The molecule has 0 bridgehead atoms. The van der Waals surface area contributed by atoms with E-state index in [0.29, 0.717) is 28.2 Å². The molecule has 8 nitrogen and oxygen atoms in total. The molecule has 2 heterocycles. The van der Waals surface area contributed by atoms with Crippen LogP contribution in [0.4, 0.5) is 5.82 Å². The highest BCUT2D eigenvalue weighted by molar-refractivity contribution is 6.03. The molecule has 0 fully saturated rings. The number of H-pyrrole nitrogens is 1. The minimum absolute atomic E-state index is 0.0786. The third kappa shape index (κ3) is 2.54. The number of imidazole rings is 1. The SMILES string of the molecule is CC(=O)c1c(C)[nH]c(C(=O)Cn2cnc([N+](=O)[O-])c2C)c1C. The van der Waals surface area contributed by atoms with Crippen LogP contribution in [-0.4, -0.2) is 31.0 Å². The molecule has 0 saturated carbocycles. The molecule has 2 rings (SSSR count). The molecule has 0 aliphatic rings. The molecule has 0 spiro atoms. The first-order valence-electron chi connectivity index (χ1n) is 6.63. The van der Waals surface area contributed by atoms with Crippen molar-refractivity contribution in [1.29, 1.82) is 0 Å². The molecule has 2 aromatic heterocycles. The molecule has 0 saturated heterocycles. The molecule has 8 heteroatoms. The number of nitrogens with zero attached hydrogens (tertiary/aromatic N) is 3. The molecular formula is C14H16N4O4. The molecule has 2 aromatic rings. The normalized spacial score (nSPS) is 10.7. The lowest BCUT2D eigenvalue weighted by atomic mass is 10.1. The van der Waals surface area contributed by atoms with E-state index in [1.807, 2.05) is 0 Å². The van der Waals surface area contributed by atoms with E-state index in [2.05, 4.69) is 9.97 Å². The largest absolute Gasteiger partial charge is 0.384 e. The van der Waals surface area contributed by atoms with Crippen molar-refractivity contribution in [3.05, 3.63) is 44.7 Å². The van der Waals surface area contributed by atoms with Crippen molar-refractivity contribution in [3.63, 3.8) is 0 Å². The maximum Gasteiger partial charge on any atom is 0.384 e. The van der Waals surface area contributed by atoms with E-state index >= 15 is 0 Å². The smallest absolute Gasteiger partial charge is 0.358 e. The third-order valence-electron chi connectivity index (χ3n) is 3.63. The number of aryl methyl sites for hydroxylation is 1. The van der Waals surface area contributed by atoms with Crippen molar-refractivity contribution < 1.29 is 14.5 Å². The average molecular weight is 304 g/mol. The van der Waals surface area contributed by atoms with Gasteiger partial charge in [0, 0.05) is 11.3 Å². The summed E-state index contributed by atoms with van der Waals surface area (Å²) in [7, 11) is 0. The van der Waals surface area contributed by atoms with Crippen LogP contribution in [0.5, 0.6) is 0 Å². The highest BCUT2D eigenvalue weighted by Crippen LogP contribution is 2.20. The second-order valence-electron chi connectivity index (χ2n) is 5.14. The molecule has 116 valence electrons. The Hall–Kier alpha value is -2.77. The second kappa shape index (κ2) is 5.55. The molecule has 1 N–H and O–H groups in total. The number of ketones is 2. The zero-order valence-electron chi connectivity index (χ0n) is 12.8. The lowest BCUT2D eigenvalue weighted by Crippen LogP contribution is -2.12. The van der Waals surface area contributed by atoms with Gasteiger partial charge in [0.2, 0.25) is 6.33 Å². The predicted molar refractivity (Wildman–Crippen MR) is 78.2 cm³/mol. The van der Waals surface area contributed by atoms with E-state index in [-0.39, 0.29) is 23.9 Å². The highest BCUT2D eigenvalue weighted by atomic mass is 16.6. The van der Waals surface area contributed by atoms with Crippen LogP contribution in [-0.2, 0) is 6.54 Å². The number of hydrogen-bond acceptors (Lipinski definition) is 5. The molecule has 0 aliphatic heterocycles. The standard InChI is InChI=1S/C14H16N4O4/c1-7-12(10(4)19)8(2)16-13(7)11(20)5-17-6-15-14(9(17)3)18(21)22/h6,16H,5H2,1-4H3. The lowest BCUT2D eigenvalue weighted by molar-refractivity contribution is -0.389. The maximum absolute atomic E-state index is 12.4. The first-order valence-corrected chi connectivity index (χ1v) is 6.63. The highest BCUT2D eigenvalue weighted by Gasteiger charge is 2.23. The Kier molecular flexibility index (Phi) is 3.94. The number of hydrogen-bond donors (Lipinski definition) is 1. The number of carbonyl (C=O) groups excluding carboxylic acids is 2. The van der Waals surface area contributed by atoms with Crippen LogP contribution >= 0.6 is 0 Å². The summed E-state index contributed by atoms with van der Waals surface area (Å²) in [6.07, 6.45) is 1.27. The van der Waals surface area contributed by atoms with Crippen LogP contribution < -0.4 is 0 Å². The number of aromatic amines is 1. The fourth-order valence-corrected chi connectivity index (χ4v) is 2.56. The number of Topliss-reactive ketones (excluding diaryl/α,β-unsaturated/α-hetero) is 2. The number of nitrogens with one attached hydrogen (secondary N) is 1. The Morgan fingerprint density at radius 3 is 2.45 bits per heavy atom. The lowest BCUT2D eigenvalue weighted by Gasteiger charge is -2.03. The van der Waals surface area contributed by atoms with E-state index in [4.69, 9.17) is 0 Å². The van der Waals surface area contributed by atoms with Gasteiger partial charge in [0.05, 0.1) is 12.2 Å². The Bertz CT molecular complexity index is 785. The Balaban J connectivity index is 2.33. The van der Waals surface area contributed by atoms with E-state index < -0.39 is 4.92 Å². The van der Waals surface area contributed by atoms with Crippen molar-refractivity contribution in [2.45, 2.75) is 34.2 Å². The first kappa shape index (κ1) is 15.6. The summed E-state index contributed by atoms with van der Waals surface area (Å²) < 4.78 is 1.42. The number of nitro groups is 1. The quantitative estimate of drug-likeness (QED) is 0.516. The fourth-order valence-electron chi connectivity index (χ4n) is 2.56. The van der Waals surface area contributed by atoms with Crippen molar-refractivity contribution >= 4 is 17.4 Å². The summed E-state index contributed by atoms with van der Waals surface area (Å²) in [6, 6.07) is 0. The van der Waals surface area contributed by atoms with Gasteiger partial charge in [0.15, 0.2) is 11.6 Å². The molecular weight excluding hydrogens is 288 g/mol. The molecule has 22 heavy (non-hydrogen) atoms. The van der Waals surface area contributed by atoms with Crippen LogP contribution in [0, 0.1) is 30.9 Å². The number of carbonyl (C=O) groups is 2. The number of rotatable bonds is 5.